The van der Waals surface area contributed by atoms with Crippen LogP contribution in [0.5, 0.6) is 0 Å². The first kappa shape index (κ1) is 10.7. The normalized spacial score (nSPS) is 13.9. The minimum Gasteiger partial charge on any atom is -0.618 e. The summed E-state index contributed by atoms with van der Waals surface area (Å²) in [5.74, 6) is -0.900. The van der Waals surface area contributed by atoms with Crippen molar-refractivity contribution in [1.82, 2.24) is 0 Å². The van der Waals surface area contributed by atoms with Crippen molar-refractivity contribution in [3.05, 3.63) is 70.7 Å². The molecular weight excluding hydrogens is 233 g/mol. The standard InChI is InChI=1S/C14H8FNO2/c15-10-6-7-11-12(8-10)16(18)13(14(11)17)9-4-2-1-3-5-9/h1-8H. The van der Waals surface area contributed by atoms with Gasteiger partial charge < -0.3 is 5.21 Å². The van der Waals surface area contributed by atoms with Gasteiger partial charge in [0.05, 0.1) is 5.56 Å². The fraction of sp³-hybridized carbons (Fsp3) is 0. The molecule has 4 heteroatoms. The summed E-state index contributed by atoms with van der Waals surface area (Å²) in [4.78, 5) is 12.1. The molecule has 0 aliphatic carbocycles. The Morgan fingerprint density at radius 2 is 1.78 bits per heavy atom. The Bertz CT molecular complexity index is 677. The number of halogens is 1. The van der Waals surface area contributed by atoms with E-state index in [-0.39, 0.29) is 22.7 Å². The monoisotopic (exact) mass is 241 g/mol. The molecule has 0 aromatic heterocycles. The van der Waals surface area contributed by atoms with Crippen LogP contribution >= 0.6 is 0 Å². The fourth-order valence-electron chi connectivity index (χ4n) is 2.05. The molecule has 0 fully saturated rings. The van der Waals surface area contributed by atoms with E-state index >= 15 is 0 Å². The number of carbonyl (C=O) groups excluding carboxylic acids is 1. The van der Waals surface area contributed by atoms with Crippen LogP contribution in [0.1, 0.15) is 15.9 Å². The van der Waals surface area contributed by atoms with Gasteiger partial charge >= 0.3 is 0 Å². The van der Waals surface area contributed by atoms with Crippen molar-refractivity contribution in [3.8, 4) is 0 Å². The molecular formula is C14H8FNO2. The second-order valence-electron chi connectivity index (χ2n) is 4.00. The molecule has 1 heterocycles. The number of nitrogens with zero attached hydrogens (tertiary/aromatic N) is 1. The second-order valence-corrected chi connectivity index (χ2v) is 4.00. The third kappa shape index (κ3) is 1.43. The number of benzene rings is 2. The van der Waals surface area contributed by atoms with Crippen LogP contribution in [0.3, 0.4) is 0 Å². The van der Waals surface area contributed by atoms with E-state index in [9.17, 15) is 14.4 Å². The molecule has 0 saturated carbocycles. The summed E-state index contributed by atoms with van der Waals surface area (Å²) in [6.45, 7) is 0. The fourth-order valence-corrected chi connectivity index (χ4v) is 2.05. The van der Waals surface area contributed by atoms with Crippen molar-refractivity contribution in [2.75, 3.05) is 0 Å². The second kappa shape index (κ2) is 3.77. The Kier molecular flexibility index (Phi) is 2.23. The molecule has 3 rings (SSSR count). The van der Waals surface area contributed by atoms with E-state index in [2.05, 4.69) is 0 Å². The Balaban J connectivity index is 2.22. The van der Waals surface area contributed by atoms with Crippen molar-refractivity contribution >= 4 is 17.2 Å². The molecule has 0 N–H and O–H groups in total. The summed E-state index contributed by atoms with van der Waals surface area (Å²) in [6, 6.07) is 12.2. The third-order valence-electron chi connectivity index (χ3n) is 2.89. The summed E-state index contributed by atoms with van der Waals surface area (Å²) in [5, 5.41) is 12.1. The molecule has 0 amide bonds. The van der Waals surface area contributed by atoms with E-state index < -0.39 is 5.82 Å². The molecule has 3 nitrogen and oxygen atoms in total. The molecule has 0 radical (unpaired) electrons. The van der Waals surface area contributed by atoms with Crippen LogP contribution in [0, 0.1) is 11.0 Å². The molecule has 2 aromatic rings. The lowest BCUT2D eigenvalue weighted by molar-refractivity contribution is -0.355. The highest BCUT2D eigenvalue weighted by molar-refractivity contribution is 6.52. The highest BCUT2D eigenvalue weighted by Crippen LogP contribution is 2.28. The predicted octanol–water partition coefficient (Wildman–Crippen LogP) is 2.65. The van der Waals surface area contributed by atoms with Crippen molar-refractivity contribution in [3.63, 3.8) is 0 Å². The SMILES string of the molecule is O=C1C(c2ccccc2)=[N+]([O-])c2cc(F)ccc21. The lowest BCUT2D eigenvalue weighted by Gasteiger charge is -2.01. The predicted molar refractivity (Wildman–Crippen MR) is 64.6 cm³/mol. The van der Waals surface area contributed by atoms with Gasteiger partial charge in [-0.1, -0.05) is 18.2 Å². The number of fused-ring (bicyclic) bond motifs is 1. The van der Waals surface area contributed by atoms with Crippen LogP contribution in [0.25, 0.3) is 0 Å². The molecule has 18 heavy (non-hydrogen) atoms. The summed E-state index contributed by atoms with van der Waals surface area (Å²) in [7, 11) is 0. The van der Waals surface area contributed by atoms with E-state index in [0.29, 0.717) is 10.3 Å². The molecule has 0 atom stereocenters. The first-order valence-corrected chi connectivity index (χ1v) is 5.42. The number of carbonyl (C=O) groups is 1. The van der Waals surface area contributed by atoms with Crippen LogP contribution in [0.2, 0.25) is 0 Å². The number of rotatable bonds is 1. The van der Waals surface area contributed by atoms with Gasteiger partial charge in [0.15, 0.2) is 0 Å². The highest BCUT2D eigenvalue weighted by Gasteiger charge is 2.36. The maximum Gasteiger partial charge on any atom is 0.272 e. The van der Waals surface area contributed by atoms with Crippen LogP contribution in [0.15, 0.2) is 48.5 Å². The molecule has 1 aliphatic heterocycles. The van der Waals surface area contributed by atoms with Gasteiger partial charge in [-0.25, -0.2) is 4.39 Å². The lowest BCUT2D eigenvalue weighted by Crippen LogP contribution is -2.16. The van der Waals surface area contributed by atoms with E-state index in [1.54, 1.807) is 30.3 Å². The Morgan fingerprint density at radius 3 is 2.50 bits per heavy atom. The van der Waals surface area contributed by atoms with Gasteiger partial charge in [-0.2, -0.15) is 4.74 Å². The van der Waals surface area contributed by atoms with E-state index in [4.69, 9.17) is 0 Å². The Morgan fingerprint density at radius 1 is 1.06 bits per heavy atom. The maximum absolute atomic E-state index is 13.1. The third-order valence-corrected chi connectivity index (χ3v) is 2.89. The number of hydrogen-bond donors (Lipinski definition) is 0. The van der Waals surface area contributed by atoms with Gasteiger partial charge in [0.1, 0.15) is 11.4 Å². The van der Waals surface area contributed by atoms with Crippen LogP contribution in [-0.2, 0) is 0 Å². The van der Waals surface area contributed by atoms with E-state index in [1.165, 1.54) is 12.1 Å². The molecule has 88 valence electrons. The molecule has 2 aromatic carbocycles. The summed E-state index contributed by atoms with van der Waals surface area (Å²) in [5.41, 5.74) is 0.884. The molecule has 0 unspecified atom stereocenters. The van der Waals surface area contributed by atoms with Crippen molar-refractivity contribution in [1.29, 1.82) is 0 Å². The Labute approximate surface area is 102 Å². The zero-order chi connectivity index (χ0) is 12.7. The van der Waals surface area contributed by atoms with Crippen molar-refractivity contribution in [2.24, 2.45) is 0 Å². The first-order valence-electron chi connectivity index (χ1n) is 5.42. The maximum atomic E-state index is 13.1. The summed E-state index contributed by atoms with van der Waals surface area (Å²) >= 11 is 0. The van der Waals surface area contributed by atoms with Gasteiger partial charge in [0.2, 0.25) is 5.69 Å². The van der Waals surface area contributed by atoms with Gasteiger partial charge in [-0.15, -0.1) is 0 Å². The molecule has 0 spiro atoms. The zero-order valence-corrected chi connectivity index (χ0v) is 9.26. The van der Waals surface area contributed by atoms with Crippen LogP contribution in [-0.4, -0.2) is 16.2 Å². The minimum atomic E-state index is -0.531. The topological polar surface area (TPSA) is 43.1 Å². The summed E-state index contributed by atoms with van der Waals surface area (Å²) in [6.07, 6.45) is 0. The smallest absolute Gasteiger partial charge is 0.272 e. The number of ketones is 1. The van der Waals surface area contributed by atoms with Crippen molar-refractivity contribution in [2.45, 2.75) is 0 Å². The molecule has 1 aliphatic rings. The van der Waals surface area contributed by atoms with Crippen LogP contribution < -0.4 is 0 Å². The van der Waals surface area contributed by atoms with Crippen LogP contribution in [0.4, 0.5) is 10.1 Å². The minimum absolute atomic E-state index is 0.0381. The quantitative estimate of drug-likeness (QED) is 0.569. The largest absolute Gasteiger partial charge is 0.618 e. The molecule has 0 bridgehead atoms. The number of hydrogen-bond acceptors (Lipinski definition) is 2. The first-order chi connectivity index (χ1) is 8.68. The number of Topliss-reactive ketones (excluding diaryl/α,β-unsaturated/α-hetero) is 1. The average Bonchev–Trinajstić information content (AvgIpc) is 2.63. The van der Waals surface area contributed by atoms with Gasteiger partial charge in [-0.05, 0) is 24.3 Å². The van der Waals surface area contributed by atoms with E-state index in [1.807, 2.05) is 0 Å². The summed E-state index contributed by atoms with van der Waals surface area (Å²) < 4.78 is 13.6. The Hall–Kier alpha value is -2.49. The van der Waals surface area contributed by atoms with Gasteiger partial charge in [0.25, 0.3) is 11.5 Å². The van der Waals surface area contributed by atoms with Gasteiger partial charge in [-0.3, -0.25) is 4.79 Å². The van der Waals surface area contributed by atoms with Gasteiger partial charge in [0, 0.05) is 6.07 Å². The van der Waals surface area contributed by atoms with E-state index in [0.717, 1.165) is 6.07 Å². The zero-order valence-electron chi connectivity index (χ0n) is 9.26. The van der Waals surface area contributed by atoms with Crippen molar-refractivity contribution < 1.29 is 13.9 Å². The molecule has 0 saturated heterocycles. The lowest BCUT2D eigenvalue weighted by atomic mass is 10.0. The highest BCUT2D eigenvalue weighted by atomic mass is 19.1. The average molecular weight is 241 g/mol.